The molecular formula is C15H13BrClN3O2. The van der Waals surface area contributed by atoms with Crippen molar-refractivity contribution in [3.8, 4) is 5.75 Å². The highest BCUT2D eigenvalue weighted by Crippen LogP contribution is 2.43. The largest absolute Gasteiger partial charge is 0.495 e. The van der Waals surface area contributed by atoms with Gasteiger partial charge in [0.1, 0.15) is 5.75 Å². The summed E-state index contributed by atoms with van der Waals surface area (Å²) in [4.78, 5) is 18.4. The van der Waals surface area contributed by atoms with E-state index in [1.165, 1.54) is 0 Å². The number of alkyl halides is 1. The summed E-state index contributed by atoms with van der Waals surface area (Å²) in [6.07, 6.45) is 1.69. The summed E-state index contributed by atoms with van der Waals surface area (Å²) in [5.41, 5.74) is 2.03. The Labute approximate surface area is 141 Å². The van der Waals surface area contributed by atoms with Crippen LogP contribution in [0, 0.1) is 6.92 Å². The Morgan fingerprint density at radius 3 is 2.86 bits per heavy atom. The topological polar surface area (TPSA) is 54.5 Å². The minimum atomic E-state index is -0.849. The highest BCUT2D eigenvalue weighted by Gasteiger charge is 2.34. The summed E-state index contributed by atoms with van der Waals surface area (Å²) < 4.78 is 6.04. The molecule has 0 saturated heterocycles. The summed E-state index contributed by atoms with van der Waals surface area (Å²) in [5.74, 6) is 0.412. The minimum Gasteiger partial charge on any atom is -0.495 e. The van der Waals surface area contributed by atoms with E-state index in [2.05, 4.69) is 26.2 Å². The summed E-state index contributed by atoms with van der Waals surface area (Å²) in [6, 6.07) is 7.27. The van der Waals surface area contributed by atoms with Crippen LogP contribution in [-0.4, -0.2) is 23.5 Å². The molecule has 1 N–H and O–H groups in total. The van der Waals surface area contributed by atoms with E-state index in [0.29, 0.717) is 17.1 Å². The molecule has 0 aliphatic carbocycles. The third-order valence-electron chi connectivity index (χ3n) is 3.45. The number of methoxy groups -OCH3 is 1. The van der Waals surface area contributed by atoms with E-state index in [-0.39, 0.29) is 5.91 Å². The first kappa shape index (κ1) is 15.1. The van der Waals surface area contributed by atoms with Crippen LogP contribution in [-0.2, 0) is 4.79 Å². The van der Waals surface area contributed by atoms with E-state index >= 15 is 0 Å². The molecule has 0 spiro atoms. The van der Waals surface area contributed by atoms with Crippen LogP contribution in [0.3, 0.4) is 0 Å². The van der Waals surface area contributed by atoms with Crippen molar-refractivity contribution in [2.24, 2.45) is 0 Å². The molecule has 1 aromatic heterocycles. The molecule has 0 saturated carbocycles. The van der Waals surface area contributed by atoms with E-state index in [4.69, 9.17) is 16.3 Å². The summed E-state index contributed by atoms with van der Waals surface area (Å²) in [5, 5.41) is 2.98. The zero-order valence-corrected chi connectivity index (χ0v) is 14.3. The third kappa shape index (κ3) is 2.42. The number of carbonyl (C=O) groups excluding carboxylic acids is 1. The van der Waals surface area contributed by atoms with Gasteiger partial charge >= 0.3 is 0 Å². The van der Waals surface area contributed by atoms with Crippen LogP contribution >= 0.6 is 27.5 Å². The molecular weight excluding hydrogens is 370 g/mol. The molecule has 2 heterocycles. The van der Waals surface area contributed by atoms with Gasteiger partial charge in [-0.3, -0.25) is 14.7 Å². The fourth-order valence-corrected chi connectivity index (χ4v) is 3.10. The van der Waals surface area contributed by atoms with Gasteiger partial charge in [-0.2, -0.15) is 0 Å². The Balaban J connectivity index is 2.21. The zero-order chi connectivity index (χ0) is 15.9. The zero-order valence-electron chi connectivity index (χ0n) is 11.9. The molecule has 2 aromatic rings. The second-order valence-corrected chi connectivity index (χ2v) is 6.08. The van der Waals surface area contributed by atoms with Crippen LogP contribution in [0.25, 0.3) is 0 Å². The predicted octanol–water partition coefficient (Wildman–Crippen LogP) is 3.82. The van der Waals surface area contributed by atoms with Crippen LogP contribution in [0.1, 0.15) is 5.69 Å². The standard InChI is InChI=1S/C15H13BrClN3O2/c1-8-11(4-3-5-18-8)20-12-6-9(16)13(22-2)7-10(12)19-14(17)15(20)21/h3-7,14,19H,1-2H3. The van der Waals surface area contributed by atoms with Crippen molar-refractivity contribution in [1.29, 1.82) is 0 Å². The van der Waals surface area contributed by atoms with Crippen LogP contribution < -0.4 is 15.0 Å². The lowest BCUT2D eigenvalue weighted by Crippen LogP contribution is -2.42. The van der Waals surface area contributed by atoms with E-state index < -0.39 is 5.50 Å². The number of amides is 1. The first-order valence-electron chi connectivity index (χ1n) is 6.56. The van der Waals surface area contributed by atoms with Crippen molar-refractivity contribution in [3.63, 3.8) is 0 Å². The SMILES string of the molecule is COc1cc2c(cc1Br)N(c1cccnc1C)C(=O)C(Cl)N2. The third-order valence-corrected chi connectivity index (χ3v) is 4.37. The number of fused-ring (bicyclic) bond motifs is 1. The number of nitrogens with one attached hydrogen (secondary N) is 1. The number of nitrogens with zero attached hydrogens (tertiary/aromatic N) is 2. The van der Waals surface area contributed by atoms with Gasteiger partial charge in [0.05, 0.1) is 34.3 Å². The lowest BCUT2D eigenvalue weighted by molar-refractivity contribution is -0.117. The second-order valence-electron chi connectivity index (χ2n) is 4.79. The number of hydrogen-bond acceptors (Lipinski definition) is 4. The molecule has 1 atom stereocenters. The van der Waals surface area contributed by atoms with Crippen LogP contribution in [0.4, 0.5) is 17.1 Å². The highest BCUT2D eigenvalue weighted by atomic mass is 79.9. The van der Waals surface area contributed by atoms with E-state index in [1.54, 1.807) is 30.3 Å². The number of aryl methyl sites for hydroxylation is 1. The Morgan fingerprint density at radius 1 is 1.41 bits per heavy atom. The number of benzene rings is 1. The Bertz CT molecular complexity index is 754. The molecule has 1 amide bonds. The number of anilines is 3. The first-order chi connectivity index (χ1) is 10.5. The van der Waals surface area contributed by atoms with Gasteiger partial charge in [-0.15, -0.1) is 0 Å². The monoisotopic (exact) mass is 381 g/mol. The van der Waals surface area contributed by atoms with Gasteiger partial charge in [-0.1, -0.05) is 11.6 Å². The van der Waals surface area contributed by atoms with Crippen molar-refractivity contribution in [1.82, 2.24) is 4.98 Å². The fraction of sp³-hybridized carbons (Fsp3) is 0.200. The highest BCUT2D eigenvalue weighted by molar-refractivity contribution is 9.10. The quantitative estimate of drug-likeness (QED) is 0.634. The molecule has 22 heavy (non-hydrogen) atoms. The molecule has 0 radical (unpaired) electrons. The average molecular weight is 383 g/mol. The Kier molecular flexibility index (Phi) is 3.97. The molecule has 0 bridgehead atoms. The van der Waals surface area contributed by atoms with Crippen molar-refractivity contribution in [2.45, 2.75) is 12.4 Å². The summed E-state index contributed by atoms with van der Waals surface area (Å²) >= 11 is 9.60. The van der Waals surface area contributed by atoms with Gasteiger partial charge in [-0.05, 0) is 41.1 Å². The maximum absolute atomic E-state index is 12.6. The van der Waals surface area contributed by atoms with Gasteiger partial charge in [-0.25, -0.2) is 0 Å². The summed E-state index contributed by atoms with van der Waals surface area (Å²) in [6.45, 7) is 1.85. The Morgan fingerprint density at radius 2 is 2.18 bits per heavy atom. The molecule has 1 aromatic carbocycles. The van der Waals surface area contributed by atoms with Gasteiger partial charge in [0.15, 0.2) is 5.50 Å². The molecule has 1 aliphatic rings. The maximum atomic E-state index is 12.6. The van der Waals surface area contributed by atoms with Crippen molar-refractivity contribution >= 4 is 50.5 Å². The molecule has 3 rings (SSSR count). The second kappa shape index (κ2) is 5.78. The predicted molar refractivity (Wildman–Crippen MR) is 90.1 cm³/mol. The van der Waals surface area contributed by atoms with Gasteiger partial charge < -0.3 is 10.1 Å². The van der Waals surface area contributed by atoms with Gasteiger partial charge in [0.25, 0.3) is 5.91 Å². The molecule has 5 nitrogen and oxygen atoms in total. The van der Waals surface area contributed by atoms with Crippen LogP contribution in [0.2, 0.25) is 0 Å². The number of halogens is 2. The smallest absolute Gasteiger partial charge is 0.269 e. The fourth-order valence-electron chi connectivity index (χ4n) is 2.39. The van der Waals surface area contributed by atoms with Gasteiger partial charge in [0.2, 0.25) is 0 Å². The first-order valence-corrected chi connectivity index (χ1v) is 7.79. The number of hydrogen-bond donors (Lipinski definition) is 1. The number of ether oxygens (including phenoxy) is 1. The van der Waals surface area contributed by atoms with Gasteiger partial charge in [0, 0.05) is 12.3 Å². The molecule has 114 valence electrons. The van der Waals surface area contributed by atoms with Crippen LogP contribution in [0.15, 0.2) is 34.9 Å². The molecule has 7 heteroatoms. The molecule has 0 fully saturated rings. The van der Waals surface area contributed by atoms with Crippen molar-refractivity contribution in [3.05, 3.63) is 40.6 Å². The van der Waals surface area contributed by atoms with Crippen molar-refractivity contribution in [2.75, 3.05) is 17.3 Å². The lowest BCUT2D eigenvalue weighted by atomic mass is 10.1. The van der Waals surface area contributed by atoms with Crippen LogP contribution in [0.5, 0.6) is 5.75 Å². The summed E-state index contributed by atoms with van der Waals surface area (Å²) in [7, 11) is 1.58. The number of rotatable bonds is 2. The number of aromatic nitrogens is 1. The number of carbonyl (C=O) groups is 1. The minimum absolute atomic E-state index is 0.248. The van der Waals surface area contributed by atoms with E-state index in [9.17, 15) is 4.79 Å². The van der Waals surface area contributed by atoms with E-state index in [0.717, 1.165) is 15.9 Å². The lowest BCUT2D eigenvalue weighted by Gasteiger charge is -2.33. The molecule has 1 unspecified atom stereocenters. The normalized spacial score (nSPS) is 17.0. The van der Waals surface area contributed by atoms with Crippen molar-refractivity contribution < 1.29 is 9.53 Å². The molecule has 1 aliphatic heterocycles. The average Bonchev–Trinajstić information content (AvgIpc) is 2.50. The van der Waals surface area contributed by atoms with E-state index in [1.807, 2.05) is 19.1 Å². The maximum Gasteiger partial charge on any atom is 0.269 e. The Hall–Kier alpha value is -1.79. The number of pyridine rings is 1.